The maximum absolute atomic E-state index is 12.4. The SMILES string of the molecule is Cc1cc(OC(=O)NCc2ccc(N3CCN(C)CC3)cc2)nn1Cc1cc(Cl)ccc1OCC(C)C. The van der Waals surface area contributed by atoms with Gasteiger partial charge in [0.25, 0.3) is 0 Å². The molecule has 2 heterocycles. The van der Waals surface area contributed by atoms with Crippen molar-refractivity contribution in [1.82, 2.24) is 20.0 Å². The van der Waals surface area contributed by atoms with Crippen molar-refractivity contribution in [2.45, 2.75) is 33.9 Å². The number of likely N-dealkylation sites (N-methyl/N-ethyl adjacent to an activating group) is 1. The van der Waals surface area contributed by atoms with E-state index in [1.165, 1.54) is 5.69 Å². The molecule has 0 bridgehead atoms. The topological polar surface area (TPSA) is 71.9 Å². The van der Waals surface area contributed by atoms with E-state index in [9.17, 15) is 4.79 Å². The lowest BCUT2D eigenvalue weighted by molar-refractivity contribution is 0.197. The average molecular weight is 526 g/mol. The minimum absolute atomic E-state index is 0.243. The molecule has 0 unspecified atom stereocenters. The lowest BCUT2D eigenvalue weighted by atomic mass is 10.2. The van der Waals surface area contributed by atoms with Crippen LogP contribution in [0, 0.1) is 12.8 Å². The Morgan fingerprint density at radius 3 is 2.51 bits per heavy atom. The van der Waals surface area contributed by atoms with E-state index in [2.05, 4.69) is 53.2 Å². The summed E-state index contributed by atoms with van der Waals surface area (Å²) in [5.41, 5.74) is 3.98. The molecule has 9 heteroatoms. The highest BCUT2D eigenvalue weighted by atomic mass is 35.5. The number of aryl methyl sites for hydroxylation is 1. The number of carbonyl (C=O) groups excluding carboxylic acids is 1. The van der Waals surface area contributed by atoms with Crippen LogP contribution in [0.3, 0.4) is 0 Å². The van der Waals surface area contributed by atoms with Gasteiger partial charge in [0.05, 0.1) is 13.2 Å². The van der Waals surface area contributed by atoms with Crippen LogP contribution in [0.15, 0.2) is 48.5 Å². The molecule has 4 rings (SSSR count). The highest BCUT2D eigenvalue weighted by Crippen LogP contribution is 2.25. The second kappa shape index (κ2) is 12.3. The Labute approximate surface area is 224 Å². The van der Waals surface area contributed by atoms with Crippen LogP contribution >= 0.6 is 11.6 Å². The summed E-state index contributed by atoms with van der Waals surface area (Å²) in [6, 6.07) is 15.6. The van der Waals surface area contributed by atoms with Gasteiger partial charge in [-0.3, -0.25) is 4.68 Å². The molecule has 1 aromatic heterocycles. The molecular formula is C28H36ClN5O3. The second-order valence-electron chi connectivity index (χ2n) is 9.94. The first kappa shape index (κ1) is 26.8. The van der Waals surface area contributed by atoms with Crippen LogP contribution in [0.2, 0.25) is 5.02 Å². The summed E-state index contributed by atoms with van der Waals surface area (Å²) in [6.45, 7) is 11.7. The minimum Gasteiger partial charge on any atom is -0.493 e. The fourth-order valence-electron chi connectivity index (χ4n) is 4.11. The Hall–Kier alpha value is -3.23. The molecule has 1 aliphatic heterocycles. The third-order valence-corrected chi connectivity index (χ3v) is 6.55. The molecule has 0 atom stereocenters. The first-order chi connectivity index (χ1) is 17.8. The second-order valence-corrected chi connectivity index (χ2v) is 10.4. The van der Waals surface area contributed by atoms with Crippen LogP contribution in [0.1, 0.15) is 30.7 Å². The van der Waals surface area contributed by atoms with Crippen molar-refractivity contribution in [3.63, 3.8) is 0 Å². The summed E-state index contributed by atoms with van der Waals surface area (Å²) < 4.78 is 13.2. The zero-order valence-electron chi connectivity index (χ0n) is 22.0. The predicted octanol–water partition coefficient (Wildman–Crippen LogP) is 4.97. The third kappa shape index (κ3) is 7.63. The minimum atomic E-state index is -0.545. The van der Waals surface area contributed by atoms with Crippen LogP contribution in [0.5, 0.6) is 11.6 Å². The van der Waals surface area contributed by atoms with Crippen molar-refractivity contribution in [2.24, 2.45) is 5.92 Å². The van der Waals surface area contributed by atoms with Gasteiger partial charge in [0.1, 0.15) is 5.75 Å². The summed E-state index contributed by atoms with van der Waals surface area (Å²) in [5.74, 6) is 1.42. The Kier molecular flexibility index (Phi) is 8.95. The van der Waals surface area contributed by atoms with E-state index in [-0.39, 0.29) is 5.88 Å². The van der Waals surface area contributed by atoms with Gasteiger partial charge < -0.3 is 24.6 Å². The quantitative estimate of drug-likeness (QED) is 0.425. The molecule has 2 aromatic carbocycles. The number of rotatable bonds is 9. The molecule has 8 nitrogen and oxygen atoms in total. The Bertz CT molecular complexity index is 1190. The molecule has 1 N–H and O–H groups in total. The molecule has 0 radical (unpaired) electrons. The van der Waals surface area contributed by atoms with Gasteiger partial charge in [-0.15, -0.1) is 5.10 Å². The van der Waals surface area contributed by atoms with Crippen molar-refractivity contribution in [3.8, 4) is 11.6 Å². The fourth-order valence-corrected chi connectivity index (χ4v) is 4.31. The van der Waals surface area contributed by atoms with Gasteiger partial charge in [-0.1, -0.05) is 37.6 Å². The predicted molar refractivity (Wildman–Crippen MR) is 147 cm³/mol. The van der Waals surface area contributed by atoms with E-state index in [4.69, 9.17) is 21.1 Å². The van der Waals surface area contributed by atoms with Crippen molar-refractivity contribution in [1.29, 1.82) is 0 Å². The lowest BCUT2D eigenvalue weighted by Gasteiger charge is -2.34. The van der Waals surface area contributed by atoms with E-state index >= 15 is 0 Å². The van der Waals surface area contributed by atoms with Crippen molar-refractivity contribution < 1.29 is 14.3 Å². The van der Waals surface area contributed by atoms with Gasteiger partial charge in [0.2, 0.25) is 5.88 Å². The zero-order valence-corrected chi connectivity index (χ0v) is 22.8. The molecule has 1 amide bonds. The van der Waals surface area contributed by atoms with Crippen LogP contribution < -0.4 is 19.7 Å². The normalized spacial score (nSPS) is 14.2. The fraction of sp³-hybridized carbons (Fsp3) is 0.429. The molecule has 1 aliphatic rings. The number of anilines is 1. The van der Waals surface area contributed by atoms with E-state index in [0.717, 1.165) is 48.7 Å². The monoisotopic (exact) mass is 525 g/mol. The average Bonchev–Trinajstić information content (AvgIpc) is 3.21. The van der Waals surface area contributed by atoms with Gasteiger partial charge in [0, 0.05) is 60.8 Å². The van der Waals surface area contributed by atoms with Gasteiger partial charge in [-0.2, -0.15) is 0 Å². The number of amides is 1. The van der Waals surface area contributed by atoms with Crippen LogP contribution in [-0.4, -0.2) is 60.6 Å². The first-order valence-electron chi connectivity index (χ1n) is 12.7. The summed E-state index contributed by atoms with van der Waals surface area (Å²) in [4.78, 5) is 17.1. The van der Waals surface area contributed by atoms with E-state index < -0.39 is 6.09 Å². The molecule has 37 heavy (non-hydrogen) atoms. The van der Waals surface area contributed by atoms with Gasteiger partial charge in [-0.25, -0.2) is 4.79 Å². The summed E-state index contributed by atoms with van der Waals surface area (Å²) in [5, 5.41) is 7.90. The Morgan fingerprint density at radius 1 is 1.08 bits per heavy atom. The smallest absolute Gasteiger partial charge is 0.414 e. The standard InChI is InChI=1S/C28H36ClN5O3/c1-20(2)19-36-26-10-7-24(29)16-23(26)18-34-21(3)15-27(31-34)37-28(35)30-17-22-5-8-25(9-6-22)33-13-11-32(4)12-14-33/h5-10,15-16,20H,11-14,17-19H2,1-4H3,(H,30,35). The first-order valence-corrected chi connectivity index (χ1v) is 13.1. The maximum Gasteiger partial charge on any atom is 0.414 e. The van der Waals surface area contributed by atoms with E-state index in [0.29, 0.717) is 30.6 Å². The van der Waals surface area contributed by atoms with Gasteiger partial charge >= 0.3 is 6.09 Å². The number of carbonyl (C=O) groups is 1. The summed E-state index contributed by atoms with van der Waals surface area (Å²) in [7, 11) is 2.15. The molecule has 198 valence electrons. The van der Waals surface area contributed by atoms with E-state index in [1.807, 2.05) is 37.3 Å². The van der Waals surface area contributed by atoms with E-state index in [1.54, 1.807) is 10.7 Å². The van der Waals surface area contributed by atoms with Crippen LogP contribution in [-0.2, 0) is 13.1 Å². The van der Waals surface area contributed by atoms with Crippen molar-refractivity contribution >= 4 is 23.4 Å². The number of ether oxygens (including phenoxy) is 2. The molecule has 0 spiro atoms. The van der Waals surface area contributed by atoms with Crippen LogP contribution in [0.25, 0.3) is 0 Å². The molecule has 1 fully saturated rings. The number of hydrogen-bond donors (Lipinski definition) is 1. The number of nitrogens with one attached hydrogen (secondary N) is 1. The number of piperazine rings is 1. The Morgan fingerprint density at radius 2 is 1.81 bits per heavy atom. The number of hydrogen-bond acceptors (Lipinski definition) is 6. The van der Waals surface area contributed by atoms with Crippen LogP contribution in [0.4, 0.5) is 10.5 Å². The Balaban J connectivity index is 1.31. The van der Waals surface area contributed by atoms with Gasteiger partial charge in [-0.05, 0) is 55.8 Å². The highest BCUT2D eigenvalue weighted by molar-refractivity contribution is 6.30. The number of benzene rings is 2. The molecule has 1 saturated heterocycles. The molecule has 0 aliphatic carbocycles. The zero-order chi connectivity index (χ0) is 26.4. The molecule has 0 saturated carbocycles. The number of halogens is 1. The highest BCUT2D eigenvalue weighted by Gasteiger charge is 2.15. The van der Waals surface area contributed by atoms with Gasteiger partial charge in [0.15, 0.2) is 0 Å². The third-order valence-electron chi connectivity index (χ3n) is 6.31. The number of aromatic nitrogens is 2. The van der Waals surface area contributed by atoms with Crippen molar-refractivity contribution in [2.75, 3.05) is 44.7 Å². The summed E-state index contributed by atoms with van der Waals surface area (Å²) >= 11 is 6.23. The van der Waals surface area contributed by atoms with Crippen molar-refractivity contribution in [3.05, 3.63) is 70.4 Å². The molecule has 3 aromatic rings. The maximum atomic E-state index is 12.4. The summed E-state index contributed by atoms with van der Waals surface area (Å²) in [6.07, 6.45) is -0.545. The molecular weight excluding hydrogens is 490 g/mol. The lowest BCUT2D eigenvalue weighted by Crippen LogP contribution is -2.44. The largest absolute Gasteiger partial charge is 0.493 e. The number of nitrogens with zero attached hydrogens (tertiary/aromatic N) is 4.